The molecule has 0 bridgehead atoms. The zero-order valence-corrected chi connectivity index (χ0v) is 18.9. The van der Waals surface area contributed by atoms with E-state index >= 15 is 0 Å². The Hall–Kier alpha value is -2.84. The number of carbonyl (C=O) groups excluding carboxylic acids is 1. The number of amides is 1. The van der Waals surface area contributed by atoms with Gasteiger partial charge < -0.3 is 14.8 Å². The largest absolute Gasteiger partial charge is 0.493 e. The highest BCUT2D eigenvalue weighted by atomic mass is 32.2. The van der Waals surface area contributed by atoms with Crippen LogP contribution in [0.25, 0.3) is 0 Å². The molecule has 0 unspecified atom stereocenters. The zero-order chi connectivity index (χ0) is 22.0. The van der Waals surface area contributed by atoms with E-state index in [1.165, 1.54) is 11.3 Å². The summed E-state index contributed by atoms with van der Waals surface area (Å²) in [6, 6.07) is 13.9. The maximum absolute atomic E-state index is 13.2. The molecule has 2 aromatic carbocycles. The van der Waals surface area contributed by atoms with Gasteiger partial charge in [-0.05, 0) is 36.2 Å². The number of carbonyl (C=O) groups is 1. The molecule has 4 rings (SSSR count). The van der Waals surface area contributed by atoms with Gasteiger partial charge in [0.15, 0.2) is 11.5 Å². The van der Waals surface area contributed by atoms with Crippen LogP contribution in [0.15, 0.2) is 63.7 Å². The standard InChI is InChI=1S/C23H23NO5S2/c1-3-11-29-18-10-9-15(12-19(18)28-2)17-13-21(25)24-22-20(14-30-23(17)22)31(26,27)16-7-5-4-6-8-16/h4-10,12,14,17H,3,11,13H2,1-2H3,(H,24,25)/t17-/m1/s1. The summed E-state index contributed by atoms with van der Waals surface area (Å²) in [5, 5.41) is 4.40. The Labute approximate surface area is 185 Å². The first kappa shape index (κ1) is 21.4. The Kier molecular flexibility index (Phi) is 6.02. The van der Waals surface area contributed by atoms with E-state index in [0.29, 0.717) is 23.8 Å². The number of methoxy groups -OCH3 is 1. The minimum absolute atomic E-state index is 0.131. The molecule has 0 spiro atoms. The fourth-order valence-electron chi connectivity index (χ4n) is 3.63. The van der Waals surface area contributed by atoms with Gasteiger partial charge >= 0.3 is 0 Å². The molecule has 0 saturated heterocycles. The third kappa shape index (κ3) is 4.05. The van der Waals surface area contributed by atoms with Gasteiger partial charge in [-0.2, -0.15) is 0 Å². The maximum Gasteiger partial charge on any atom is 0.225 e. The Morgan fingerprint density at radius 3 is 2.61 bits per heavy atom. The molecule has 6 nitrogen and oxygen atoms in total. The van der Waals surface area contributed by atoms with E-state index in [1.54, 1.807) is 42.8 Å². The minimum atomic E-state index is -3.74. The molecule has 0 aliphatic carbocycles. The second-order valence-corrected chi connectivity index (χ2v) is 10.0. The molecule has 3 aromatic rings. The summed E-state index contributed by atoms with van der Waals surface area (Å²) in [6.45, 7) is 2.61. The normalized spacial score (nSPS) is 15.8. The Bertz CT molecular complexity index is 1200. The molecule has 1 N–H and O–H groups in total. The molecule has 0 radical (unpaired) electrons. The lowest BCUT2D eigenvalue weighted by Gasteiger charge is -2.24. The van der Waals surface area contributed by atoms with Crippen LogP contribution in [0, 0.1) is 0 Å². The molecule has 1 aliphatic rings. The topological polar surface area (TPSA) is 81.7 Å². The van der Waals surface area contributed by atoms with Crippen molar-refractivity contribution in [1.29, 1.82) is 0 Å². The molecule has 1 aromatic heterocycles. The molecular weight excluding hydrogens is 434 g/mol. The van der Waals surface area contributed by atoms with Gasteiger partial charge in [0, 0.05) is 22.6 Å². The van der Waals surface area contributed by atoms with Crippen LogP contribution < -0.4 is 14.8 Å². The van der Waals surface area contributed by atoms with E-state index in [0.717, 1.165) is 16.9 Å². The van der Waals surface area contributed by atoms with Crippen molar-refractivity contribution in [3.05, 3.63) is 64.4 Å². The second kappa shape index (κ2) is 8.72. The fourth-order valence-corrected chi connectivity index (χ4v) is 6.56. The Morgan fingerprint density at radius 2 is 1.90 bits per heavy atom. The highest BCUT2D eigenvalue weighted by molar-refractivity contribution is 7.91. The van der Waals surface area contributed by atoms with Gasteiger partial charge in [-0.25, -0.2) is 8.42 Å². The molecule has 1 aliphatic heterocycles. The zero-order valence-electron chi connectivity index (χ0n) is 17.3. The van der Waals surface area contributed by atoms with Gasteiger partial charge in [0.05, 0.1) is 24.3 Å². The van der Waals surface area contributed by atoms with Crippen molar-refractivity contribution in [2.45, 2.75) is 35.5 Å². The molecule has 1 atom stereocenters. The quantitative estimate of drug-likeness (QED) is 0.548. The molecule has 8 heteroatoms. The third-order valence-corrected chi connectivity index (χ3v) is 8.19. The third-order valence-electron chi connectivity index (χ3n) is 5.15. The summed E-state index contributed by atoms with van der Waals surface area (Å²) in [4.78, 5) is 13.7. The number of sulfone groups is 1. The van der Waals surface area contributed by atoms with E-state index in [-0.39, 0.29) is 28.0 Å². The van der Waals surface area contributed by atoms with E-state index in [1.807, 2.05) is 25.1 Å². The molecule has 0 saturated carbocycles. The van der Waals surface area contributed by atoms with Gasteiger partial charge in [-0.15, -0.1) is 11.3 Å². The van der Waals surface area contributed by atoms with Crippen molar-refractivity contribution in [3.8, 4) is 11.5 Å². The first-order valence-corrected chi connectivity index (χ1v) is 12.3. The number of thiophene rings is 1. The average molecular weight is 458 g/mol. The van der Waals surface area contributed by atoms with Gasteiger partial charge in [-0.3, -0.25) is 4.79 Å². The molecule has 162 valence electrons. The van der Waals surface area contributed by atoms with Crippen molar-refractivity contribution >= 4 is 32.8 Å². The van der Waals surface area contributed by atoms with Crippen LogP contribution in [0.4, 0.5) is 5.69 Å². The van der Waals surface area contributed by atoms with Crippen LogP contribution in [0.2, 0.25) is 0 Å². The number of benzene rings is 2. The number of nitrogens with one attached hydrogen (secondary N) is 1. The lowest BCUT2D eigenvalue weighted by molar-refractivity contribution is -0.116. The summed E-state index contributed by atoms with van der Waals surface area (Å²) < 4.78 is 37.6. The summed E-state index contributed by atoms with van der Waals surface area (Å²) >= 11 is 1.34. The molecule has 2 heterocycles. The number of ether oxygens (including phenoxy) is 2. The fraction of sp³-hybridized carbons (Fsp3) is 0.261. The van der Waals surface area contributed by atoms with Crippen molar-refractivity contribution in [2.24, 2.45) is 0 Å². The van der Waals surface area contributed by atoms with E-state index < -0.39 is 9.84 Å². The Morgan fingerprint density at radius 1 is 1.13 bits per heavy atom. The van der Waals surface area contributed by atoms with Gasteiger partial charge in [0.1, 0.15) is 4.90 Å². The highest BCUT2D eigenvalue weighted by Gasteiger charge is 2.34. The van der Waals surface area contributed by atoms with E-state index in [9.17, 15) is 13.2 Å². The number of rotatable bonds is 7. The summed E-state index contributed by atoms with van der Waals surface area (Å²) in [5.41, 5.74) is 1.25. The number of anilines is 1. The van der Waals surface area contributed by atoms with Crippen molar-refractivity contribution in [2.75, 3.05) is 19.0 Å². The van der Waals surface area contributed by atoms with E-state index in [4.69, 9.17) is 9.47 Å². The van der Waals surface area contributed by atoms with E-state index in [2.05, 4.69) is 5.32 Å². The number of fused-ring (bicyclic) bond motifs is 1. The summed E-state index contributed by atoms with van der Waals surface area (Å²) in [5.74, 6) is 0.757. The molecule has 1 amide bonds. The predicted molar refractivity (Wildman–Crippen MR) is 120 cm³/mol. The van der Waals surface area contributed by atoms with Crippen molar-refractivity contribution in [1.82, 2.24) is 0 Å². The van der Waals surface area contributed by atoms with Crippen LogP contribution in [0.3, 0.4) is 0 Å². The average Bonchev–Trinajstić information content (AvgIpc) is 3.22. The van der Waals surface area contributed by atoms with Gasteiger partial charge in [0.2, 0.25) is 15.7 Å². The van der Waals surface area contributed by atoms with Gasteiger partial charge in [-0.1, -0.05) is 31.2 Å². The van der Waals surface area contributed by atoms with Crippen LogP contribution >= 0.6 is 11.3 Å². The second-order valence-electron chi connectivity index (χ2n) is 7.22. The lowest BCUT2D eigenvalue weighted by Crippen LogP contribution is -2.23. The molecule has 0 fully saturated rings. The molecule has 31 heavy (non-hydrogen) atoms. The number of hydrogen-bond donors (Lipinski definition) is 1. The lowest BCUT2D eigenvalue weighted by atomic mass is 9.90. The number of hydrogen-bond acceptors (Lipinski definition) is 6. The van der Waals surface area contributed by atoms with Crippen molar-refractivity contribution in [3.63, 3.8) is 0 Å². The van der Waals surface area contributed by atoms with Crippen molar-refractivity contribution < 1.29 is 22.7 Å². The van der Waals surface area contributed by atoms with Crippen LogP contribution in [-0.2, 0) is 14.6 Å². The predicted octanol–water partition coefficient (Wildman–Crippen LogP) is 4.85. The SMILES string of the molecule is CCCOc1ccc([C@H]2CC(=O)Nc3c(S(=O)(=O)c4ccccc4)csc32)cc1OC. The van der Waals surface area contributed by atoms with Crippen LogP contribution in [-0.4, -0.2) is 28.0 Å². The molecular formula is C23H23NO5S2. The summed E-state index contributed by atoms with van der Waals surface area (Å²) in [6.07, 6.45) is 1.11. The van der Waals surface area contributed by atoms with Crippen LogP contribution in [0.5, 0.6) is 11.5 Å². The monoisotopic (exact) mass is 457 g/mol. The first-order chi connectivity index (χ1) is 15.0. The maximum atomic E-state index is 13.2. The van der Waals surface area contributed by atoms with Gasteiger partial charge in [0.25, 0.3) is 0 Å². The Balaban J connectivity index is 1.76. The first-order valence-electron chi connectivity index (χ1n) is 9.97. The minimum Gasteiger partial charge on any atom is -0.493 e. The summed E-state index contributed by atoms with van der Waals surface area (Å²) in [7, 11) is -2.17. The smallest absolute Gasteiger partial charge is 0.225 e. The highest BCUT2D eigenvalue weighted by Crippen LogP contribution is 2.47. The van der Waals surface area contributed by atoms with Crippen LogP contribution in [0.1, 0.15) is 36.1 Å².